The molecular weight excluding hydrogens is 254 g/mol. The Labute approximate surface area is 123 Å². The average molecular weight is 278 g/mol. The minimum Gasteiger partial charge on any atom is -0.193 e. The van der Waals surface area contributed by atoms with Crippen molar-refractivity contribution in [2.75, 3.05) is 0 Å². The van der Waals surface area contributed by atoms with Crippen LogP contribution < -0.4 is 0 Å². The lowest BCUT2D eigenvalue weighted by Crippen LogP contribution is -1.47. The zero-order valence-electron chi connectivity index (χ0n) is 12.3. The van der Waals surface area contributed by atoms with Gasteiger partial charge in [-0.15, -0.1) is 19.7 Å². The average Bonchev–Trinajstić information content (AvgIpc) is 2.58. The Balaban J connectivity index is -0.0000000315. The second kappa shape index (κ2) is 141. The number of nitrogens with one attached hydrogen (secondary N) is 1. The quantitative estimate of drug-likeness (QED) is 0.340. The van der Waals surface area contributed by atoms with Crippen molar-refractivity contribution in [3.05, 3.63) is 60.5 Å². The van der Waals surface area contributed by atoms with Crippen LogP contribution in [0.3, 0.4) is 0 Å². The number of rotatable bonds is 2. The minimum absolute atomic E-state index is 0.952. The van der Waals surface area contributed by atoms with Crippen molar-refractivity contribution in [2.24, 2.45) is 0 Å². The molecule has 20 heavy (non-hydrogen) atoms. The fraction of sp³-hybridized carbons (Fsp3) is 0.267. The van der Waals surface area contributed by atoms with E-state index in [1.807, 2.05) is 25.1 Å². The van der Waals surface area contributed by atoms with Crippen LogP contribution in [0.5, 0.6) is 0 Å². The summed E-state index contributed by atoms with van der Waals surface area (Å²) in [6, 6.07) is 3.58. The molecule has 5 heteroatoms. The third kappa shape index (κ3) is 671. The van der Waals surface area contributed by atoms with Crippen molar-refractivity contribution in [3.8, 4) is 12.1 Å². The molecule has 0 atom stereocenters. The van der Waals surface area contributed by atoms with E-state index in [4.69, 9.17) is 25.9 Å². The molecule has 0 spiro atoms. The third-order valence-corrected chi connectivity index (χ3v) is 0.808. The van der Waals surface area contributed by atoms with Gasteiger partial charge in [0, 0.05) is 22.1 Å². The Hall–Kier alpha value is -2.88. The van der Waals surface area contributed by atoms with Gasteiger partial charge in [-0.1, -0.05) is 38.0 Å². The van der Waals surface area contributed by atoms with Crippen LogP contribution in [0.15, 0.2) is 50.6 Å². The standard InChI is InChI=1S/C5H7N.C4H8.C3H3N.C2H4.CH2N.O2/c1-2-3-4-5-6;1-3-4-2;1-2-3-4;3*1-2/h3-4H,2H2,1H3;3H,1,4H2,2H3;2H,1H2;1-2H2;1-2H;/q;;;;+1;/b4-3-;;;;;. The van der Waals surface area contributed by atoms with E-state index in [0.29, 0.717) is 0 Å². The van der Waals surface area contributed by atoms with Crippen LogP contribution in [0.4, 0.5) is 0 Å². The van der Waals surface area contributed by atoms with E-state index < -0.39 is 0 Å². The fourth-order valence-electron chi connectivity index (χ4n) is 0.171. The predicted molar refractivity (Wildman–Crippen MR) is 88.1 cm³/mol. The molecule has 0 rings (SSSR count). The molecule has 0 bridgehead atoms. The van der Waals surface area contributed by atoms with Gasteiger partial charge in [-0.2, -0.15) is 10.5 Å². The molecule has 1 N–H and O–H groups in total. The summed E-state index contributed by atoms with van der Waals surface area (Å²) in [6.07, 6.45) is 8.40. The monoisotopic (exact) mass is 278 g/mol. The number of allylic oxidation sites excluding steroid dienone is 4. The minimum atomic E-state index is 0.952. The second-order valence-corrected chi connectivity index (χ2v) is 1.97. The molecule has 0 aromatic rings. The maximum atomic E-state index is 7.86. The van der Waals surface area contributed by atoms with Crippen LogP contribution in [-0.4, -0.2) is 6.72 Å². The van der Waals surface area contributed by atoms with Gasteiger partial charge in [0.1, 0.15) is 0 Å². The maximum absolute atomic E-state index is 7.86. The highest BCUT2D eigenvalue weighted by atomic mass is 16.7. The molecule has 0 fully saturated rings. The largest absolute Gasteiger partial charge is 0.338 e. The van der Waals surface area contributed by atoms with Gasteiger partial charge in [-0.25, -0.2) is 0 Å². The summed E-state index contributed by atoms with van der Waals surface area (Å²) in [7, 11) is 0. The van der Waals surface area contributed by atoms with Crippen LogP contribution in [0.2, 0.25) is 0 Å². The van der Waals surface area contributed by atoms with E-state index in [1.165, 1.54) is 12.2 Å². The third-order valence-electron chi connectivity index (χ3n) is 0.808. The topological polar surface area (TPSA) is 106 Å². The molecule has 0 amide bonds. The van der Waals surface area contributed by atoms with Crippen molar-refractivity contribution in [1.29, 1.82) is 15.9 Å². The van der Waals surface area contributed by atoms with Gasteiger partial charge in [0.2, 0.25) is 0 Å². The Kier molecular flexibility index (Phi) is 253. The summed E-state index contributed by atoms with van der Waals surface area (Å²) in [6.45, 7) is 20.4. The Morgan fingerprint density at radius 2 is 1.35 bits per heavy atom. The lowest BCUT2D eigenvalue weighted by Gasteiger charge is -1.63. The zero-order valence-corrected chi connectivity index (χ0v) is 12.3. The lowest BCUT2D eigenvalue weighted by atomic mass is 10.4. The van der Waals surface area contributed by atoms with E-state index in [9.17, 15) is 0 Å². The first-order valence-electron chi connectivity index (χ1n) is 5.36. The number of hydrogen-bond acceptors (Lipinski definition) is 5. The maximum Gasteiger partial charge on any atom is 0.338 e. The fourth-order valence-corrected chi connectivity index (χ4v) is 0.171. The lowest BCUT2D eigenvalue weighted by molar-refractivity contribution is 1.22. The van der Waals surface area contributed by atoms with Gasteiger partial charge >= 0.3 is 6.72 Å². The molecule has 110 valence electrons. The predicted octanol–water partition coefficient (Wildman–Crippen LogP) is 4.77. The van der Waals surface area contributed by atoms with Crippen molar-refractivity contribution in [3.63, 3.8) is 0 Å². The van der Waals surface area contributed by atoms with Crippen LogP contribution in [0, 0.1) is 38.0 Å². The Morgan fingerprint density at radius 3 is 1.40 bits per heavy atom. The van der Waals surface area contributed by atoms with Crippen LogP contribution >= 0.6 is 0 Å². The van der Waals surface area contributed by atoms with Crippen molar-refractivity contribution in [1.82, 2.24) is 0 Å². The van der Waals surface area contributed by atoms with E-state index in [2.05, 4.69) is 40.0 Å². The van der Waals surface area contributed by atoms with E-state index >= 15 is 0 Å². The molecule has 0 saturated carbocycles. The molecule has 0 aliphatic heterocycles. The normalized spacial score (nSPS) is 5.15. The second-order valence-electron chi connectivity index (χ2n) is 1.97. The van der Waals surface area contributed by atoms with Crippen LogP contribution in [0.1, 0.15) is 26.7 Å². The summed E-state index contributed by atoms with van der Waals surface area (Å²) in [5.41, 5.74) is 0. The van der Waals surface area contributed by atoms with E-state index in [1.54, 1.807) is 6.07 Å². The van der Waals surface area contributed by atoms with Crippen molar-refractivity contribution >= 4 is 6.72 Å². The molecule has 0 aliphatic rings. The molecule has 0 aliphatic carbocycles. The summed E-state index contributed by atoms with van der Waals surface area (Å²) in [5, 5.41) is 20.6. The van der Waals surface area contributed by atoms with Crippen LogP contribution in [-0.2, 0) is 0 Å². The number of hydrogen-bond donors (Lipinski definition) is 1. The Bertz CT molecular complexity index is 259. The number of nitrogens with zero attached hydrogens (tertiary/aromatic N) is 2. The molecule has 0 saturated heterocycles. The SMILES string of the molecule is C=C.C=CC#N.C=CCC.CC/C=C\C#N.O=O.[CH+]=N. The van der Waals surface area contributed by atoms with Gasteiger partial charge in [-0.05, 0) is 12.8 Å². The first-order chi connectivity index (χ1) is 9.74. The van der Waals surface area contributed by atoms with Gasteiger partial charge in [0.25, 0.3) is 0 Å². The summed E-state index contributed by atoms with van der Waals surface area (Å²) in [5.74, 6) is 0. The summed E-state index contributed by atoms with van der Waals surface area (Å²) >= 11 is 0. The zero-order chi connectivity index (χ0) is 17.7. The molecule has 0 aromatic heterocycles. The van der Waals surface area contributed by atoms with Crippen molar-refractivity contribution < 1.29 is 0 Å². The molecule has 0 unspecified atom stereocenters. The van der Waals surface area contributed by atoms with E-state index in [0.717, 1.165) is 12.8 Å². The van der Waals surface area contributed by atoms with Gasteiger partial charge in [0.15, 0.2) is 0 Å². The molecule has 5 nitrogen and oxygen atoms in total. The Morgan fingerprint density at radius 1 is 1.05 bits per heavy atom. The highest BCUT2D eigenvalue weighted by Gasteiger charge is 1.57. The smallest absolute Gasteiger partial charge is 0.193 e. The molecule has 0 aromatic carbocycles. The highest BCUT2D eigenvalue weighted by Crippen LogP contribution is 1.74. The first-order valence-corrected chi connectivity index (χ1v) is 5.36. The summed E-state index contributed by atoms with van der Waals surface area (Å²) < 4.78 is 0. The first kappa shape index (κ1) is 36.0. The molecule has 0 radical (unpaired) electrons. The van der Waals surface area contributed by atoms with Gasteiger partial charge < -0.3 is 0 Å². The van der Waals surface area contributed by atoms with E-state index in [-0.39, 0.29) is 0 Å². The molecule has 0 heterocycles. The van der Waals surface area contributed by atoms with Crippen molar-refractivity contribution in [2.45, 2.75) is 26.7 Å². The van der Waals surface area contributed by atoms with Gasteiger partial charge in [-0.3, -0.25) is 0 Å². The summed E-state index contributed by atoms with van der Waals surface area (Å²) in [4.78, 5) is 14.0. The number of nitriles is 2. The van der Waals surface area contributed by atoms with Crippen LogP contribution in [0.25, 0.3) is 0 Å². The highest BCUT2D eigenvalue weighted by molar-refractivity contribution is 5.15. The van der Waals surface area contributed by atoms with Gasteiger partial charge in [0.05, 0.1) is 12.1 Å². The molecular formula is C15H24N3O2+.